The van der Waals surface area contributed by atoms with Gasteiger partial charge in [0.2, 0.25) is 5.52 Å². The molecule has 3 aromatic rings. The van der Waals surface area contributed by atoms with Gasteiger partial charge in [-0.2, -0.15) is 0 Å². The first-order valence-electron chi connectivity index (χ1n) is 6.99. The van der Waals surface area contributed by atoms with E-state index >= 15 is 0 Å². The molecule has 0 amide bonds. The molecular formula is C14H16N5O2+. The molecule has 0 atom stereocenters. The molecule has 0 radical (unpaired) electrons. The molecule has 0 aliphatic carbocycles. The SMILES string of the molecule is CCOCn1nc2c(N)nc3cccc4c3c2[n+]1CCO4. The van der Waals surface area contributed by atoms with Crippen molar-refractivity contribution in [2.45, 2.75) is 20.2 Å². The maximum Gasteiger partial charge on any atom is 0.291 e. The molecule has 3 heterocycles. The number of pyridine rings is 1. The van der Waals surface area contributed by atoms with Gasteiger partial charge in [-0.1, -0.05) is 6.07 Å². The Bertz CT molecular complexity index is 842. The number of nitrogens with zero attached hydrogens (tertiary/aromatic N) is 4. The van der Waals surface area contributed by atoms with Crippen molar-refractivity contribution >= 4 is 27.8 Å². The Morgan fingerprint density at radius 2 is 2.38 bits per heavy atom. The minimum absolute atomic E-state index is 0.383. The second-order valence-corrected chi connectivity index (χ2v) is 4.91. The summed E-state index contributed by atoms with van der Waals surface area (Å²) in [6, 6.07) is 5.82. The summed E-state index contributed by atoms with van der Waals surface area (Å²) in [5.74, 6) is 1.26. The van der Waals surface area contributed by atoms with Crippen molar-refractivity contribution < 1.29 is 14.2 Å². The fraction of sp³-hybridized carbons (Fsp3) is 0.357. The van der Waals surface area contributed by atoms with Crippen LogP contribution in [0.1, 0.15) is 6.92 Å². The van der Waals surface area contributed by atoms with Crippen LogP contribution in [-0.2, 0) is 18.0 Å². The van der Waals surface area contributed by atoms with Crippen molar-refractivity contribution in [3.8, 4) is 5.75 Å². The third-order valence-electron chi connectivity index (χ3n) is 3.67. The van der Waals surface area contributed by atoms with Crippen LogP contribution in [-0.4, -0.2) is 28.1 Å². The fourth-order valence-corrected chi connectivity index (χ4v) is 2.77. The van der Waals surface area contributed by atoms with Crippen LogP contribution in [0.2, 0.25) is 0 Å². The highest BCUT2D eigenvalue weighted by atomic mass is 16.5. The van der Waals surface area contributed by atoms with Gasteiger partial charge in [0.05, 0.1) is 16.0 Å². The molecule has 1 aliphatic heterocycles. The average molecular weight is 286 g/mol. The predicted octanol–water partition coefficient (Wildman–Crippen LogP) is 0.841. The highest BCUT2D eigenvalue weighted by Gasteiger charge is 2.28. The van der Waals surface area contributed by atoms with E-state index in [9.17, 15) is 0 Å². The van der Waals surface area contributed by atoms with Gasteiger partial charge in [0.25, 0.3) is 5.52 Å². The molecule has 0 saturated carbocycles. The van der Waals surface area contributed by atoms with Gasteiger partial charge in [-0.25, -0.2) is 4.98 Å². The van der Waals surface area contributed by atoms with E-state index in [1.807, 2.05) is 25.1 Å². The molecule has 0 spiro atoms. The zero-order chi connectivity index (χ0) is 14.4. The van der Waals surface area contributed by atoms with E-state index in [0.717, 1.165) is 22.2 Å². The summed E-state index contributed by atoms with van der Waals surface area (Å²) >= 11 is 0. The largest absolute Gasteiger partial charge is 0.489 e. The Kier molecular flexibility index (Phi) is 2.68. The summed E-state index contributed by atoms with van der Waals surface area (Å²) in [6.07, 6.45) is 0. The van der Waals surface area contributed by atoms with Gasteiger partial charge in [-0.05, 0) is 23.9 Å². The second-order valence-electron chi connectivity index (χ2n) is 4.91. The van der Waals surface area contributed by atoms with Crippen molar-refractivity contribution in [1.82, 2.24) is 14.9 Å². The second kappa shape index (κ2) is 4.56. The molecule has 108 valence electrons. The van der Waals surface area contributed by atoms with E-state index < -0.39 is 0 Å². The minimum atomic E-state index is 0.383. The van der Waals surface area contributed by atoms with Gasteiger partial charge in [0.15, 0.2) is 12.5 Å². The van der Waals surface area contributed by atoms with E-state index in [1.165, 1.54) is 0 Å². The van der Waals surface area contributed by atoms with E-state index in [0.29, 0.717) is 37.8 Å². The third kappa shape index (κ3) is 1.74. The molecule has 0 fully saturated rings. The van der Waals surface area contributed by atoms with Crippen LogP contribution in [0.4, 0.5) is 5.82 Å². The minimum Gasteiger partial charge on any atom is -0.489 e. The van der Waals surface area contributed by atoms with E-state index in [2.05, 4.69) is 14.8 Å². The molecule has 21 heavy (non-hydrogen) atoms. The monoisotopic (exact) mass is 286 g/mol. The Balaban J connectivity index is 2.11. The predicted molar refractivity (Wildman–Crippen MR) is 76.8 cm³/mol. The van der Waals surface area contributed by atoms with Crippen LogP contribution >= 0.6 is 0 Å². The van der Waals surface area contributed by atoms with Crippen LogP contribution in [0.3, 0.4) is 0 Å². The lowest BCUT2D eigenvalue weighted by atomic mass is 10.1. The number of rotatable bonds is 3. The van der Waals surface area contributed by atoms with E-state index in [4.69, 9.17) is 15.2 Å². The Morgan fingerprint density at radius 3 is 3.24 bits per heavy atom. The summed E-state index contributed by atoms with van der Waals surface area (Å²) in [4.78, 5) is 6.23. The zero-order valence-electron chi connectivity index (χ0n) is 11.7. The molecule has 1 aromatic carbocycles. The molecule has 0 saturated heterocycles. The van der Waals surface area contributed by atoms with E-state index in [1.54, 1.807) is 4.80 Å². The number of hydrogen-bond donors (Lipinski definition) is 1. The highest BCUT2D eigenvalue weighted by molar-refractivity contribution is 6.07. The van der Waals surface area contributed by atoms with Gasteiger partial charge >= 0.3 is 0 Å². The molecule has 1 aliphatic rings. The zero-order valence-corrected chi connectivity index (χ0v) is 11.7. The number of nitrogen functional groups attached to an aromatic ring is 1. The van der Waals surface area contributed by atoms with Crippen LogP contribution < -0.4 is 15.2 Å². The normalized spacial score (nSPS) is 13.8. The molecule has 2 aromatic heterocycles. The van der Waals surface area contributed by atoms with Gasteiger partial charge in [-0.3, -0.25) is 0 Å². The Labute approximate surface area is 120 Å². The third-order valence-corrected chi connectivity index (χ3v) is 3.67. The van der Waals surface area contributed by atoms with E-state index in [-0.39, 0.29) is 0 Å². The van der Waals surface area contributed by atoms with Crippen molar-refractivity contribution in [2.75, 3.05) is 18.9 Å². The van der Waals surface area contributed by atoms with Crippen molar-refractivity contribution in [3.63, 3.8) is 0 Å². The van der Waals surface area contributed by atoms with Crippen molar-refractivity contribution in [2.24, 2.45) is 0 Å². The first kappa shape index (κ1) is 12.3. The number of ether oxygens (including phenoxy) is 2. The fourth-order valence-electron chi connectivity index (χ4n) is 2.77. The van der Waals surface area contributed by atoms with Crippen molar-refractivity contribution in [3.05, 3.63) is 18.2 Å². The first-order valence-corrected chi connectivity index (χ1v) is 6.99. The average Bonchev–Trinajstić information content (AvgIpc) is 2.73. The summed E-state index contributed by atoms with van der Waals surface area (Å²) in [6.45, 7) is 4.24. The number of nitrogens with two attached hydrogens (primary N) is 1. The number of aromatic nitrogens is 4. The maximum atomic E-state index is 6.08. The molecule has 2 N–H and O–H groups in total. The molecule has 0 bridgehead atoms. The number of anilines is 1. The molecule has 7 nitrogen and oxygen atoms in total. The van der Waals surface area contributed by atoms with Crippen LogP contribution in [0.25, 0.3) is 21.9 Å². The molecule has 0 unspecified atom stereocenters. The van der Waals surface area contributed by atoms with Crippen LogP contribution in [0, 0.1) is 0 Å². The Morgan fingerprint density at radius 1 is 1.48 bits per heavy atom. The Hall–Kier alpha value is -2.41. The summed E-state index contributed by atoms with van der Waals surface area (Å²) in [7, 11) is 0. The lowest BCUT2D eigenvalue weighted by Gasteiger charge is -2.04. The molecule has 4 rings (SSSR count). The topological polar surface area (TPSA) is 79.1 Å². The lowest BCUT2D eigenvalue weighted by molar-refractivity contribution is -0.761. The van der Waals surface area contributed by atoms with Crippen LogP contribution in [0.5, 0.6) is 5.75 Å². The smallest absolute Gasteiger partial charge is 0.291 e. The van der Waals surface area contributed by atoms with Gasteiger partial charge in [0, 0.05) is 6.61 Å². The summed E-state index contributed by atoms with van der Waals surface area (Å²) < 4.78 is 13.4. The standard InChI is InChI=1S/C14H15N5O2/c1-2-20-8-19-17-12-13-11-9(16-14(12)15)4-3-5-10(11)21-7-6-18(13)19/h3-5,15H,2,6-8H2,1H3/p+1. The number of hydrogen-bond acceptors (Lipinski definition) is 5. The quantitative estimate of drug-likeness (QED) is 0.722. The maximum absolute atomic E-state index is 6.08. The van der Waals surface area contributed by atoms with Gasteiger partial charge < -0.3 is 15.2 Å². The van der Waals surface area contributed by atoms with Gasteiger partial charge in [-0.15, -0.1) is 4.68 Å². The number of benzene rings is 1. The highest BCUT2D eigenvalue weighted by Crippen LogP contribution is 2.32. The lowest BCUT2D eigenvalue weighted by Crippen LogP contribution is -2.46. The summed E-state index contributed by atoms with van der Waals surface area (Å²) in [5.41, 5.74) is 8.56. The molecule has 7 heteroatoms. The van der Waals surface area contributed by atoms with Crippen LogP contribution in [0.15, 0.2) is 18.2 Å². The molecular weight excluding hydrogens is 270 g/mol. The summed E-state index contributed by atoms with van der Waals surface area (Å²) in [5, 5.41) is 5.52. The first-order chi connectivity index (χ1) is 10.3. The van der Waals surface area contributed by atoms with Crippen molar-refractivity contribution in [1.29, 1.82) is 0 Å². The van der Waals surface area contributed by atoms with Gasteiger partial charge in [0.1, 0.15) is 18.9 Å².